The molecule has 0 bridgehead atoms. The molecule has 3 nitrogen and oxygen atoms in total. The maximum atomic E-state index is 4.91. The average molecular weight is 144 g/mol. The molecule has 0 saturated heterocycles. The summed E-state index contributed by atoms with van der Waals surface area (Å²) in [5.41, 5.74) is 1.49. The first-order valence-corrected chi connectivity index (χ1v) is 3.10. The summed E-state index contributed by atoms with van der Waals surface area (Å²) in [6.07, 6.45) is 3.52. The van der Waals surface area contributed by atoms with Crippen molar-refractivity contribution < 1.29 is 4.74 Å². The molecule has 0 atom stereocenters. The van der Waals surface area contributed by atoms with Gasteiger partial charge in [-0.25, -0.2) is 0 Å². The summed E-state index contributed by atoms with van der Waals surface area (Å²) in [4.78, 5) is 1.96. The molecule has 1 heterocycles. The van der Waals surface area contributed by atoms with Crippen LogP contribution in [0.1, 0.15) is 0 Å². The van der Waals surface area contributed by atoms with Crippen molar-refractivity contribution >= 4 is 17.7 Å². The van der Waals surface area contributed by atoms with E-state index < -0.39 is 0 Å². The van der Waals surface area contributed by atoms with Crippen LogP contribution in [0.3, 0.4) is 0 Å². The minimum Gasteiger partial charge on any atom is -0.479 e. The number of thiocarbonyl (C=S) groups is 1. The Bertz CT molecular complexity index is 126. The highest BCUT2D eigenvalue weighted by Gasteiger charge is 2.00. The summed E-state index contributed by atoms with van der Waals surface area (Å²) in [5, 5.41) is 2.87. The Balaban J connectivity index is 2.12. The molecule has 0 spiro atoms. The predicted octanol–water partition coefficient (Wildman–Crippen LogP) is 0.252. The number of hydrogen-bond donors (Lipinski definition) is 1. The van der Waals surface area contributed by atoms with Crippen molar-refractivity contribution in [3.05, 3.63) is 12.5 Å². The van der Waals surface area contributed by atoms with Crippen LogP contribution in [0.5, 0.6) is 0 Å². The van der Waals surface area contributed by atoms with Gasteiger partial charge in [-0.1, -0.05) is 12.2 Å². The van der Waals surface area contributed by atoms with E-state index in [9.17, 15) is 0 Å². The summed E-state index contributed by atoms with van der Waals surface area (Å²) < 4.78 is 4.91. The number of nitrogens with one attached hydrogen (secondary N) is 1. The van der Waals surface area contributed by atoms with Gasteiger partial charge in [0.15, 0.2) is 6.73 Å². The molecule has 1 N–H and O–H groups in total. The van der Waals surface area contributed by atoms with Crippen LogP contribution < -0.4 is 5.32 Å². The molecular weight excluding hydrogens is 136 g/mol. The van der Waals surface area contributed by atoms with Crippen molar-refractivity contribution in [2.45, 2.75) is 0 Å². The smallest absolute Gasteiger partial charge is 0.161 e. The number of rotatable bonds is 3. The molecule has 0 radical (unpaired) electrons. The highest BCUT2D eigenvalue weighted by molar-refractivity contribution is 7.78. The lowest BCUT2D eigenvalue weighted by molar-refractivity contribution is 0.170. The molecule has 0 aromatic rings. The van der Waals surface area contributed by atoms with Crippen LogP contribution in [-0.4, -0.2) is 23.8 Å². The minimum atomic E-state index is 0.621. The zero-order valence-corrected chi connectivity index (χ0v) is 5.73. The van der Waals surface area contributed by atoms with E-state index in [2.05, 4.69) is 17.5 Å². The van der Waals surface area contributed by atoms with Gasteiger partial charge in [-0.15, -0.1) is 0 Å². The zero-order chi connectivity index (χ0) is 6.53. The van der Waals surface area contributed by atoms with Crippen molar-refractivity contribution in [1.82, 2.24) is 10.2 Å². The van der Waals surface area contributed by atoms with Gasteiger partial charge in [-0.3, -0.25) is 0 Å². The Kier molecular flexibility index (Phi) is 2.32. The highest BCUT2D eigenvalue weighted by atomic mass is 32.1. The monoisotopic (exact) mass is 144 g/mol. The standard InChI is InChI=1S/C5H8N2OS/c9-4-6-3-7-1-2-8-5-7/h1-2,4H,3,5H2,(H,6,9). The lowest BCUT2D eigenvalue weighted by Crippen LogP contribution is -2.27. The Hall–Kier alpha value is -0.770. The molecule has 0 aromatic heterocycles. The van der Waals surface area contributed by atoms with Crippen LogP contribution in [0, 0.1) is 0 Å². The van der Waals surface area contributed by atoms with Gasteiger partial charge in [-0.2, -0.15) is 0 Å². The van der Waals surface area contributed by atoms with Gasteiger partial charge in [0, 0.05) is 6.20 Å². The van der Waals surface area contributed by atoms with Crippen LogP contribution in [0.2, 0.25) is 0 Å². The van der Waals surface area contributed by atoms with Gasteiger partial charge < -0.3 is 15.0 Å². The first-order chi connectivity index (χ1) is 4.43. The van der Waals surface area contributed by atoms with Crippen molar-refractivity contribution in [3.8, 4) is 0 Å². The molecule has 0 unspecified atom stereocenters. The molecular formula is C5H8N2OS. The average Bonchev–Trinajstić information content (AvgIpc) is 2.34. The summed E-state index contributed by atoms with van der Waals surface area (Å²) in [7, 11) is 0. The molecule has 1 aliphatic rings. The van der Waals surface area contributed by atoms with Gasteiger partial charge in [0.1, 0.15) is 6.26 Å². The number of hydrogen-bond acceptors (Lipinski definition) is 3. The molecule has 0 saturated carbocycles. The maximum absolute atomic E-state index is 4.91. The summed E-state index contributed by atoms with van der Waals surface area (Å²) in [6.45, 7) is 1.34. The fourth-order valence-electron chi connectivity index (χ4n) is 0.564. The van der Waals surface area contributed by atoms with Gasteiger partial charge in [-0.05, 0) is 0 Å². The molecule has 1 aliphatic heterocycles. The van der Waals surface area contributed by atoms with Crippen molar-refractivity contribution in [1.29, 1.82) is 0 Å². The van der Waals surface area contributed by atoms with Crippen molar-refractivity contribution in [2.75, 3.05) is 13.4 Å². The Labute approximate surface area is 59.3 Å². The van der Waals surface area contributed by atoms with Crippen LogP contribution >= 0.6 is 12.2 Å². The molecule has 50 valence electrons. The number of nitrogens with zero attached hydrogens (tertiary/aromatic N) is 1. The second-order valence-electron chi connectivity index (χ2n) is 1.65. The summed E-state index contributed by atoms with van der Waals surface area (Å²) in [5.74, 6) is 0. The normalized spacial score (nSPS) is 15.3. The zero-order valence-electron chi connectivity index (χ0n) is 4.91. The van der Waals surface area contributed by atoms with Gasteiger partial charge in [0.2, 0.25) is 0 Å². The second kappa shape index (κ2) is 3.29. The van der Waals surface area contributed by atoms with Gasteiger partial charge in [0.05, 0.1) is 12.2 Å². The van der Waals surface area contributed by atoms with Crippen LogP contribution in [0.25, 0.3) is 0 Å². The molecule has 4 heteroatoms. The third-order valence-electron chi connectivity index (χ3n) is 0.986. The second-order valence-corrected chi connectivity index (χ2v) is 1.89. The minimum absolute atomic E-state index is 0.621. The topological polar surface area (TPSA) is 24.5 Å². The van der Waals surface area contributed by atoms with Crippen LogP contribution in [0.4, 0.5) is 0 Å². The van der Waals surface area contributed by atoms with E-state index in [4.69, 9.17) is 4.74 Å². The van der Waals surface area contributed by atoms with E-state index in [1.165, 1.54) is 5.49 Å². The van der Waals surface area contributed by atoms with Crippen molar-refractivity contribution in [2.24, 2.45) is 0 Å². The van der Waals surface area contributed by atoms with E-state index >= 15 is 0 Å². The first-order valence-electron chi connectivity index (χ1n) is 2.63. The molecule has 1 rings (SSSR count). The Morgan fingerprint density at radius 3 is 3.33 bits per heavy atom. The molecule has 0 amide bonds. The third-order valence-corrected chi connectivity index (χ3v) is 1.15. The SMILES string of the molecule is S=CNCN1C=COC1. The lowest BCUT2D eigenvalue weighted by atomic mass is 10.8. The maximum Gasteiger partial charge on any atom is 0.161 e. The molecule has 0 fully saturated rings. The molecule has 0 aromatic carbocycles. The Morgan fingerprint density at radius 1 is 1.89 bits per heavy atom. The predicted molar refractivity (Wildman–Crippen MR) is 38.6 cm³/mol. The largest absolute Gasteiger partial charge is 0.479 e. The summed E-state index contributed by atoms with van der Waals surface area (Å²) >= 11 is 4.56. The van der Waals surface area contributed by atoms with E-state index in [1.54, 1.807) is 6.26 Å². The van der Waals surface area contributed by atoms with Crippen LogP contribution in [-0.2, 0) is 4.74 Å². The van der Waals surface area contributed by atoms with Gasteiger partial charge in [0.25, 0.3) is 0 Å². The quantitative estimate of drug-likeness (QED) is 0.574. The lowest BCUT2D eigenvalue weighted by Gasteiger charge is -2.11. The number of ether oxygens (including phenoxy) is 1. The molecule has 0 aliphatic carbocycles. The highest BCUT2D eigenvalue weighted by Crippen LogP contribution is 1.96. The van der Waals surface area contributed by atoms with Crippen molar-refractivity contribution in [3.63, 3.8) is 0 Å². The summed E-state index contributed by atoms with van der Waals surface area (Å²) in [6, 6.07) is 0. The van der Waals surface area contributed by atoms with E-state index in [0.717, 1.165) is 6.67 Å². The third kappa shape index (κ3) is 1.89. The fourth-order valence-corrected chi connectivity index (χ4v) is 0.638. The Morgan fingerprint density at radius 2 is 2.78 bits per heavy atom. The first kappa shape index (κ1) is 6.35. The fraction of sp³-hybridized carbons (Fsp3) is 0.400. The van der Waals surface area contributed by atoms with E-state index in [1.807, 2.05) is 11.1 Å². The molecule has 9 heavy (non-hydrogen) atoms. The van der Waals surface area contributed by atoms with E-state index in [-0.39, 0.29) is 0 Å². The van der Waals surface area contributed by atoms with E-state index in [0.29, 0.717) is 6.73 Å². The van der Waals surface area contributed by atoms with Gasteiger partial charge >= 0.3 is 0 Å². The van der Waals surface area contributed by atoms with Crippen LogP contribution in [0.15, 0.2) is 12.5 Å².